The molecule has 1 atom stereocenters. The first kappa shape index (κ1) is 10.1. The van der Waals surface area contributed by atoms with Gasteiger partial charge in [-0.1, -0.05) is 12.8 Å². The highest BCUT2D eigenvalue weighted by molar-refractivity contribution is 7.66. The van der Waals surface area contributed by atoms with Crippen molar-refractivity contribution in [3.63, 3.8) is 0 Å². The molecule has 0 spiro atoms. The average molecular weight is 194 g/mol. The molecule has 13 heavy (non-hydrogen) atoms. The predicted molar refractivity (Wildman–Crippen MR) is 54.4 cm³/mol. The summed E-state index contributed by atoms with van der Waals surface area (Å²) in [6, 6.07) is 6.57. The fraction of sp³-hybridized carbons (Fsp3) is 0.200. The minimum absolute atomic E-state index is 0.252. The molecule has 0 saturated heterocycles. The third-order valence-electron chi connectivity index (χ3n) is 1.87. The molecule has 1 N–H and O–H groups in total. The molecule has 0 aliphatic carbocycles. The molecule has 1 aromatic rings. The van der Waals surface area contributed by atoms with Crippen molar-refractivity contribution in [2.75, 3.05) is 6.16 Å². The van der Waals surface area contributed by atoms with Crippen LogP contribution in [0.4, 0.5) is 0 Å². The molecule has 68 valence electrons. The summed E-state index contributed by atoms with van der Waals surface area (Å²) in [5, 5.41) is 0.467. The first-order valence-electron chi connectivity index (χ1n) is 3.99. The molecule has 0 aromatic heterocycles. The van der Waals surface area contributed by atoms with Crippen molar-refractivity contribution < 1.29 is 9.46 Å². The van der Waals surface area contributed by atoms with Crippen LogP contribution in [0.3, 0.4) is 0 Å². The summed E-state index contributed by atoms with van der Waals surface area (Å²) in [5.41, 5.74) is 0.722. The van der Waals surface area contributed by atoms with E-state index in [-0.39, 0.29) is 6.16 Å². The number of benzene rings is 1. The van der Waals surface area contributed by atoms with Crippen molar-refractivity contribution in [3.8, 4) is 12.3 Å². The summed E-state index contributed by atoms with van der Waals surface area (Å²) in [5.74, 6) is 2.45. The SMILES string of the molecule is C#Cc1ccc(P(=O)(O)CC)cc1. The lowest BCUT2D eigenvalue weighted by atomic mass is 10.2. The monoisotopic (exact) mass is 194 g/mol. The highest BCUT2D eigenvalue weighted by atomic mass is 31.2. The molecule has 0 fully saturated rings. The fourth-order valence-electron chi connectivity index (χ4n) is 0.973. The highest BCUT2D eigenvalue weighted by Crippen LogP contribution is 2.38. The maximum atomic E-state index is 11.5. The zero-order chi connectivity index (χ0) is 9.90. The van der Waals surface area contributed by atoms with Gasteiger partial charge < -0.3 is 4.89 Å². The van der Waals surface area contributed by atoms with Gasteiger partial charge in [0.25, 0.3) is 0 Å². The van der Waals surface area contributed by atoms with Crippen LogP contribution in [0.1, 0.15) is 12.5 Å². The lowest BCUT2D eigenvalue weighted by Gasteiger charge is -2.08. The Morgan fingerprint density at radius 2 is 2.00 bits per heavy atom. The zero-order valence-electron chi connectivity index (χ0n) is 7.40. The molecular weight excluding hydrogens is 183 g/mol. The van der Waals surface area contributed by atoms with Gasteiger partial charge in [0.05, 0.1) is 0 Å². The average Bonchev–Trinajstić information content (AvgIpc) is 2.18. The summed E-state index contributed by atoms with van der Waals surface area (Å²) in [6.45, 7) is 1.69. The predicted octanol–water partition coefficient (Wildman–Crippen LogP) is 1.58. The molecule has 1 rings (SSSR count). The van der Waals surface area contributed by atoms with Gasteiger partial charge in [0.2, 0.25) is 7.37 Å². The van der Waals surface area contributed by atoms with Crippen LogP contribution in [0.15, 0.2) is 24.3 Å². The third-order valence-corrected chi connectivity index (χ3v) is 3.83. The summed E-state index contributed by atoms with van der Waals surface area (Å²) >= 11 is 0. The van der Waals surface area contributed by atoms with E-state index in [1.807, 2.05) is 0 Å². The molecule has 3 heteroatoms. The van der Waals surface area contributed by atoms with E-state index in [9.17, 15) is 9.46 Å². The summed E-state index contributed by atoms with van der Waals surface area (Å²) in [4.78, 5) is 9.46. The van der Waals surface area contributed by atoms with E-state index in [4.69, 9.17) is 6.42 Å². The van der Waals surface area contributed by atoms with Crippen molar-refractivity contribution in [2.45, 2.75) is 6.92 Å². The molecular formula is C10H11O2P. The van der Waals surface area contributed by atoms with Gasteiger partial charge >= 0.3 is 0 Å². The van der Waals surface area contributed by atoms with Crippen LogP contribution in [0, 0.1) is 12.3 Å². The Morgan fingerprint density at radius 3 is 2.38 bits per heavy atom. The van der Waals surface area contributed by atoms with Crippen LogP contribution in [-0.4, -0.2) is 11.1 Å². The van der Waals surface area contributed by atoms with Crippen LogP contribution < -0.4 is 5.30 Å². The van der Waals surface area contributed by atoms with Gasteiger partial charge in [-0.05, 0) is 24.3 Å². The summed E-state index contributed by atoms with van der Waals surface area (Å²) in [7, 11) is -3.12. The van der Waals surface area contributed by atoms with Crippen LogP contribution in [0.5, 0.6) is 0 Å². The van der Waals surface area contributed by atoms with Crippen LogP contribution >= 0.6 is 7.37 Å². The Bertz CT molecular complexity index is 373. The largest absolute Gasteiger partial charge is 0.341 e. The Labute approximate surface area is 78.1 Å². The molecule has 0 amide bonds. The van der Waals surface area contributed by atoms with Gasteiger partial charge in [0, 0.05) is 17.0 Å². The molecule has 2 nitrogen and oxygen atoms in total. The van der Waals surface area contributed by atoms with Crippen LogP contribution in [-0.2, 0) is 4.57 Å². The smallest absolute Gasteiger partial charge is 0.229 e. The number of rotatable bonds is 2. The van der Waals surface area contributed by atoms with Gasteiger partial charge in [-0.25, -0.2) is 0 Å². The van der Waals surface area contributed by atoms with Crippen LogP contribution in [0.25, 0.3) is 0 Å². The van der Waals surface area contributed by atoms with E-state index in [0.29, 0.717) is 5.30 Å². The third kappa shape index (κ3) is 2.21. The van der Waals surface area contributed by atoms with E-state index in [1.54, 1.807) is 31.2 Å². The highest BCUT2D eigenvalue weighted by Gasteiger charge is 2.17. The van der Waals surface area contributed by atoms with Crippen molar-refractivity contribution in [1.29, 1.82) is 0 Å². The second kappa shape index (κ2) is 3.79. The molecule has 0 aliphatic heterocycles. The normalized spacial score (nSPS) is 14.5. The Balaban J connectivity index is 3.07. The molecule has 0 radical (unpaired) electrons. The first-order valence-corrected chi connectivity index (χ1v) is 5.83. The minimum Gasteiger partial charge on any atom is -0.341 e. The molecule has 1 aromatic carbocycles. The first-order chi connectivity index (χ1) is 6.10. The fourth-order valence-corrected chi connectivity index (χ4v) is 1.95. The lowest BCUT2D eigenvalue weighted by molar-refractivity contribution is 0.491. The molecule has 0 aliphatic rings. The number of hydrogen-bond acceptors (Lipinski definition) is 1. The maximum absolute atomic E-state index is 11.5. The van der Waals surface area contributed by atoms with Gasteiger partial charge in [-0.15, -0.1) is 6.42 Å². The summed E-state index contributed by atoms with van der Waals surface area (Å²) in [6.07, 6.45) is 5.41. The van der Waals surface area contributed by atoms with E-state index >= 15 is 0 Å². The second-order valence-electron chi connectivity index (χ2n) is 2.71. The van der Waals surface area contributed by atoms with E-state index in [0.717, 1.165) is 5.56 Å². The van der Waals surface area contributed by atoms with E-state index < -0.39 is 7.37 Å². The Kier molecular flexibility index (Phi) is 2.93. The maximum Gasteiger partial charge on any atom is 0.229 e. The Morgan fingerprint density at radius 1 is 1.46 bits per heavy atom. The topological polar surface area (TPSA) is 37.3 Å². The van der Waals surface area contributed by atoms with Crippen molar-refractivity contribution >= 4 is 12.7 Å². The minimum atomic E-state index is -3.12. The van der Waals surface area contributed by atoms with Crippen LogP contribution in [0.2, 0.25) is 0 Å². The molecule has 1 unspecified atom stereocenters. The van der Waals surface area contributed by atoms with E-state index in [1.165, 1.54) is 0 Å². The Hall–Kier alpha value is -1.03. The van der Waals surface area contributed by atoms with Gasteiger partial charge in [0.15, 0.2) is 0 Å². The molecule has 0 saturated carbocycles. The second-order valence-corrected chi connectivity index (χ2v) is 5.26. The van der Waals surface area contributed by atoms with Crippen molar-refractivity contribution in [3.05, 3.63) is 29.8 Å². The quantitative estimate of drug-likeness (QED) is 0.573. The van der Waals surface area contributed by atoms with Gasteiger partial charge in [-0.3, -0.25) is 4.57 Å². The molecule has 0 bridgehead atoms. The molecule has 0 heterocycles. The number of terminal acetylenes is 1. The summed E-state index contributed by atoms with van der Waals surface area (Å²) < 4.78 is 11.5. The van der Waals surface area contributed by atoms with Crippen molar-refractivity contribution in [1.82, 2.24) is 0 Å². The number of hydrogen-bond donors (Lipinski definition) is 1. The lowest BCUT2D eigenvalue weighted by Crippen LogP contribution is -2.05. The standard InChI is InChI=1S/C10H11O2P/c1-3-9-5-7-10(8-6-9)13(11,12)4-2/h1,5-8H,4H2,2H3,(H,11,12). The van der Waals surface area contributed by atoms with Crippen molar-refractivity contribution in [2.24, 2.45) is 0 Å². The van der Waals surface area contributed by atoms with Gasteiger partial charge in [-0.2, -0.15) is 0 Å². The van der Waals surface area contributed by atoms with E-state index in [2.05, 4.69) is 5.92 Å². The zero-order valence-corrected chi connectivity index (χ0v) is 8.29. The van der Waals surface area contributed by atoms with Gasteiger partial charge in [0.1, 0.15) is 0 Å².